The predicted molar refractivity (Wildman–Crippen MR) is 53.9 cm³/mol. The molecular weight excluding hydrogens is 160 g/mol. The van der Waals surface area contributed by atoms with Crippen molar-refractivity contribution in [3.8, 4) is 12.3 Å². The van der Waals surface area contributed by atoms with Crippen molar-refractivity contribution >= 4 is 11.9 Å². The molecule has 1 heteroatoms. The predicted octanol–water partition coefficient (Wildman–Crippen LogP) is 2.29. The molecule has 0 bridgehead atoms. The van der Waals surface area contributed by atoms with Gasteiger partial charge in [0.2, 0.25) is 0 Å². The van der Waals surface area contributed by atoms with Crippen LogP contribution in [0.1, 0.15) is 12.5 Å². The number of allylic oxidation sites excluding steroid dienone is 1. The van der Waals surface area contributed by atoms with E-state index in [1.807, 2.05) is 30.3 Å². The molecule has 0 saturated heterocycles. The quantitative estimate of drug-likeness (QED) is 0.491. The van der Waals surface area contributed by atoms with E-state index in [9.17, 15) is 4.79 Å². The van der Waals surface area contributed by atoms with Gasteiger partial charge in [0.15, 0.2) is 5.78 Å². The van der Waals surface area contributed by atoms with Crippen molar-refractivity contribution < 1.29 is 4.79 Å². The Kier molecular flexibility index (Phi) is 3.05. The highest BCUT2D eigenvalue weighted by Gasteiger charge is 1.98. The Hall–Kier alpha value is -1.81. The molecule has 1 nitrogen and oxygen atoms in total. The van der Waals surface area contributed by atoms with E-state index in [0.29, 0.717) is 5.57 Å². The fourth-order valence-corrected chi connectivity index (χ4v) is 0.961. The molecule has 0 radical (unpaired) electrons. The van der Waals surface area contributed by atoms with Gasteiger partial charge in [-0.2, -0.15) is 0 Å². The normalized spacial score (nSPS) is 10.6. The van der Waals surface area contributed by atoms with E-state index in [2.05, 4.69) is 5.92 Å². The molecular formula is C12H10O. The first-order valence-electron chi connectivity index (χ1n) is 3.98. The first-order chi connectivity index (χ1) is 6.24. The van der Waals surface area contributed by atoms with E-state index in [-0.39, 0.29) is 5.78 Å². The lowest BCUT2D eigenvalue weighted by atomic mass is 10.1. The standard InChI is InChI=1S/C12H10O/c1-3-12(10(2)13)9-11-7-5-4-6-8-11/h1,4-9H,2H3/b12-9+. The van der Waals surface area contributed by atoms with Gasteiger partial charge in [-0.05, 0) is 18.6 Å². The molecule has 0 heterocycles. The zero-order valence-corrected chi connectivity index (χ0v) is 7.45. The lowest BCUT2D eigenvalue weighted by molar-refractivity contribution is -0.113. The number of benzene rings is 1. The molecule has 13 heavy (non-hydrogen) atoms. The highest BCUT2D eigenvalue weighted by atomic mass is 16.1. The van der Waals surface area contributed by atoms with Gasteiger partial charge in [0.25, 0.3) is 0 Å². The van der Waals surface area contributed by atoms with Gasteiger partial charge in [-0.3, -0.25) is 4.79 Å². The Morgan fingerprint density at radius 3 is 2.46 bits per heavy atom. The number of hydrogen-bond acceptors (Lipinski definition) is 1. The number of Topliss-reactive ketones (excluding diaryl/α,β-unsaturated/α-hetero) is 1. The number of terminal acetylenes is 1. The molecule has 1 rings (SSSR count). The van der Waals surface area contributed by atoms with Crippen LogP contribution in [-0.4, -0.2) is 5.78 Å². The van der Waals surface area contributed by atoms with Crippen LogP contribution in [0.2, 0.25) is 0 Å². The fraction of sp³-hybridized carbons (Fsp3) is 0.0833. The Labute approximate surface area is 78.1 Å². The monoisotopic (exact) mass is 170 g/mol. The van der Waals surface area contributed by atoms with Gasteiger partial charge >= 0.3 is 0 Å². The molecule has 0 aromatic heterocycles. The molecule has 1 aromatic carbocycles. The van der Waals surface area contributed by atoms with Gasteiger partial charge in [-0.1, -0.05) is 36.3 Å². The minimum atomic E-state index is -0.0775. The Morgan fingerprint density at radius 1 is 1.38 bits per heavy atom. The average Bonchev–Trinajstić information content (AvgIpc) is 2.15. The minimum Gasteiger partial charge on any atom is -0.294 e. The van der Waals surface area contributed by atoms with Crippen molar-refractivity contribution in [2.24, 2.45) is 0 Å². The third-order valence-electron chi connectivity index (χ3n) is 1.65. The maximum atomic E-state index is 11.0. The smallest absolute Gasteiger partial charge is 0.168 e. The van der Waals surface area contributed by atoms with Crippen molar-refractivity contribution in [1.82, 2.24) is 0 Å². The van der Waals surface area contributed by atoms with Crippen molar-refractivity contribution in [3.05, 3.63) is 41.5 Å². The molecule has 0 fully saturated rings. The molecule has 0 spiro atoms. The summed E-state index contributed by atoms with van der Waals surface area (Å²) in [5.74, 6) is 2.28. The van der Waals surface area contributed by atoms with Crippen LogP contribution in [0.4, 0.5) is 0 Å². The van der Waals surface area contributed by atoms with E-state index in [0.717, 1.165) is 5.56 Å². The highest BCUT2D eigenvalue weighted by molar-refractivity contribution is 6.01. The third-order valence-corrected chi connectivity index (χ3v) is 1.65. The summed E-state index contributed by atoms with van der Waals surface area (Å²) in [4.78, 5) is 11.0. The van der Waals surface area contributed by atoms with Crippen molar-refractivity contribution in [2.45, 2.75) is 6.92 Å². The van der Waals surface area contributed by atoms with E-state index in [1.165, 1.54) is 6.92 Å². The fourth-order valence-electron chi connectivity index (χ4n) is 0.961. The molecule has 0 aliphatic heterocycles. The second-order valence-corrected chi connectivity index (χ2v) is 2.67. The molecule has 64 valence electrons. The SMILES string of the molecule is C#C/C(=C\c1ccccc1)C(C)=O. The van der Waals surface area contributed by atoms with Gasteiger partial charge in [0.05, 0.1) is 5.57 Å². The largest absolute Gasteiger partial charge is 0.294 e. The molecule has 1 aromatic rings. The summed E-state index contributed by atoms with van der Waals surface area (Å²) >= 11 is 0. The number of carbonyl (C=O) groups is 1. The molecule has 0 amide bonds. The summed E-state index contributed by atoms with van der Waals surface area (Å²) in [5.41, 5.74) is 1.36. The lowest BCUT2D eigenvalue weighted by Gasteiger charge is -1.94. The van der Waals surface area contributed by atoms with Crippen LogP contribution in [0.15, 0.2) is 35.9 Å². The highest BCUT2D eigenvalue weighted by Crippen LogP contribution is 2.06. The second kappa shape index (κ2) is 4.27. The summed E-state index contributed by atoms with van der Waals surface area (Å²) < 4.78 is 0. The van der Waals surface area contributed by atoms with Crippen LogP contribution in [0, 0.1) is 12.3 Å². The molecule has 0 atom stereocenters. The van der Waals surface area contributed by atoms with Crippen LogP contribution in [0.3, 0.4) is 0 Å². The number of rotatable bonds is 2. The van der Waals surface area contributed by atoms with Gasteiger partial charge in [-0.25, -0.2) is 0 Å². The number of hydrogen-bond donors (Lipinski definition) is 0. The van der Waals surface area contributed by atoms with E-state index in [4.69, 9.17) is 6.42 Å². The van der Waals surface area contributed by atoms with Crippen molar-refractivity contribution in [1.29, 1.82) is 0 Å². The average molecular weight is 170 g/mol. The molecule has 0 saturated carbocycles. The number of carbonyl (C=O) groups excluding carboxylic acids is 1. The third kappa shape index (κ3) is 2.61. The van der Waals surface area contributed by atoms with Crippen molar-refractivity contribution in [3.63, 3.8) is 0 Å². The van der Waals surface area contributed by atoms with Crippen molar-refractivity contribution in [2.75, 3.05) is 0 Å². The zero-order chi connectivity index (χ0) is 9.68. The maximum absolute atomic E-state index is 11.0. The summed E-state index contributed by atoms with van der Waals surface area (Å²) in [6.07, 6.45) is 6.89. The van der Waals surface area contributed by atoms with Gasteiger partial charge < -0.3 is 0 Å². The van der Waals surface area contributed by atoms with E-state index < -0.39 is 0 Å². The first kappa shape index (κ1) is 9.28. The van der Waals surface area contributed by atoms with Crippen LogP contribution >= 0.6 is 0 Å². The molecule has 0 unspecified atom stereocenters. The van der Waals surface area contributed by atoms with Crippen LogP contribution in [0.25, 0.3) is 6.08 Å². The van der Waals surface area contributed by atoms with Gasteiger partial charge in [-0.15, -0.1) is 6.42 Å². The maximum Gasteiger partial charge on any atom is 0.168 e. The van der Waals surface area contributed by atoms with Gasteiger partial charge in [0.1, 0.15) is 0 Å². The van der Waals surface area contributed by atoms with Crippen LogP contribution in [0.5, 0.6) is 0 Å². The molecule has 0 aliphatic rings. The second-order valence-electron chi connectivity index (χ2n) is 2.67. The molecule has 0 aliphatic carbocycles. The Morgan fingerprint density at radius 2 is 2.00 bits per heavy atom. The van der Waals surface area contributed by atoms with Gasteiger partial charge in [0, 0.05) is 0 Å². The summed E-state index contributed by atoms with van der Waals surface area (Å²) in [6, 6.07) is 9.53. The Bertz CT molecular complexity index is 366. The summed E-state index contributed by atoms with van der Waals surface area (Å²) in [6.45, 7) is 1.47. The van der Waals surface area contributed by atoms with E-state index in [1.54, 1.807) is 6.08 Å². The number of ketones is 1. The summed E-state index contributed by atoms with van der Waals surface area (Å²) in [5, 5.41) is 0. The van der Waals surface area contributed by atoms with E-state index >= 15 is 0 Å². The van der Waals surface area contributed by atoms with Crippen LogP contribution in [-0.2, 0) is 4.79 Å². The minimum absolute atomic E-state index is 0.0775. The first-order valence-corrected chi connectivity index (χ1v) is 3.98. The summed E-state index contributed by atoms with van der Waals surface area (Å²) in [7, 11) is 0. The van der Waals surface area contributed by atoms with Crippen LogP contribution < -0.4 is 0 Å². The lowest BCUT2D eigenvalue weighted by Crippen LogP contribution is -1.92. The zero-order valence-electron chi connectivity index (χ0n) is 7.45. The molecule has 0 N–H and O–H groups in total. The topological polar surface area (TPSA) is 17.1 Å². The Balaban J connectivity index is 3.01.